The zero-order valence-electron chi connectivity index (χ0n) is 16.2. The molecule has 10 heteroatoms. The van der Waals surface area contributed by atoms with Crippen molar-refractivity contribution in [2.24, 2.45) is 17.8 Å². The van der Waals surface area contributed by atoms with Gasteiger partial charge in [-0.3, -0.25) is 4.57 Å². The lowest BCUT2D eigenvalue weighted by molar-refractivity contribution is -0.0511. The number of aromatic nitrogens is 4. The van der Waals surface area contributed by atoms with E-state index in [2.05, 4.69) is 20.3 Å². The average Bonchev–Trinajstić information content (AvgIpc) is 3.47. The van der Waals surface area contributed by atoms with Gasteiger partial charge in [-0.1, -0.05) is 6.42 Å². The van der Waals surface area contributed by atoms with Crippen LogP contribution in [0.1, 0.15) is 38.3 Å². The number of fused-ring (bicyclic) bond motifs is 3. The Labute approximate surface area is 168 Å². The van der Waals surface area contributed by atoms with Crippen molar-refractivity contribution >= 4 is 22.9 Å². The fourth-order valence-corrected chi connectivity index (χ4v) is 5.41. The molecule has 10 nitrogen and oxygen atoms in total. The van der Waals surface area contributed by atoms with Gasteiger partial charge in [0, 0.05) is 6.54 Å². The molecule has 3 unspecified atom stereocenters. The molecule has 0 aromatic carbocycles. The van der Waals surface area contributed by atoms with Gasteiger partial charge in [-0.25, -0.2) is 4.98 Å². The molecule has 2 aromatic rings. The molecule has 0 radical (unpaired) electrons. The first-order chi connectivity index (χ1) is 14.0. The minimum atomic E-state index is -1.21. The molecule has 5 rings (SSSR count). The zero-order valence-corrected chi connectivity index (χ0v) is 16.2. The van der Waals surface area contributed by atoms with Crippen molar-refractivity contribution in [1.29, 1.82) is 0 Å². The van der Waals surface area contributed by atoms with Crippen LogP contribution in [0.25, 0.3) is 11.2 Å². The van der Waals surface area contributed by atoms with E-state index in [9.17, 15) is 15.3 Å². The Morgan fingerprint density at radius 1 is 1.21 bits per heavy atom. The molecule has 2 saturated carbocycles. The van der Waals surface area contributed by atoms with Crippen LogP contribution in [-0.4, -0.2) is 66.3 Å². The van der Waals surface area contributed by atoms with Crippen LogP contribution in [0.15, 0.2) is 6.33 Å². The van der Waals surface area contributed by atoms with E-state index in [0.29, 0.717) is 17.1 Å². The van der Waals surface area contributed by atoms with Gasteiger partial charge in [0.25, 0.3) is 0 Å². The Morgan fingerprint density at radius 2 is 2.07 bits per heavy atom. The Morgan fingerprint density at radius 3 is 2.76 bits per heavy atom. The van der Waals surface area contributed by atoms with Crippen LogP contribution in [0, 0.1) is 17.8 Å². The lowest BCUT2D eigenvalue weighted by atomic mass is 9.86. The number of hydrogen-bond donors (Lipinski definition) is 5. The van der Waals surface area contributed by atoms with Crippen molar-refractivity contribution < 1.29 is 20.1 Å². The monoisotopic (exact) mass is 404 g/mol. The molecule has 0 spiro atoms. The number of nitrogens with one attached hydrogen (secondary N) is 1. The second kappa shape index (κ2) is 7.35. The molecule has 158 valence electrons. The van der Waals surface area contributed by atoms with Crippen LogP contribution in [-0.2, 0) is 4.74 Å². The molecule has 3 fully saturated rings. The highest BCUT2D eigenvalue weighted by atomic mass is 16.6. The van der Waals surface area contributed by atoms with E-state index in [-0.39, 0.29) is 5.82 Å². The standard InChI is InChI=1S/C19H28N6O4/c20-16-13-17(25(8-22-13)18-15(28)14(27)12(7-26)29-18)24-19(23-16)21-4-3-11-6-9-1-2-10(11)5-9/h8-12,14-15,18,26-28H,1-7H2,(H3,20,21,23,24)/t9?,10?,11?,12-,14-,15-,18-/m1/s1. The number of nitrogen functional groups attached to an aromatic ring is 1. The lowest BCUT2D eigenvalue weighted by Crippen LogP contribution is -2.33. The van der Waals surface area contributed by atoms with Crippen molar-refractivity contribution in [3.63, 3.8) is 0 Å². The smallest absolute Gasteiger partial charge is 0.226 e. The molecule has 2 aliphatic carbocycles. The number of nitrogens with two attached hydrogens (primary N) is 1. The number of ether oxygens (including phenoxy) is 1. The summed E-state index contributed by atoms with van der Waals surface area (Å²) >= 11 is 0. The lowest BCUT2D eigenvalue weighted by Gasteiger charge is -2.21. The zero-order chi connectivity index (χ0) is 20.1. The van der Waals surface area contributed by atoms with Crippen LogP contribution in [0.5, 0.6) is 0 Å². The van der Waals surface area contributed by atoms with E-state index < -0.39 is 31.1 Å². The van der Waals surface area contributed by atoms with Crippen molar-refractivity contribution in [1.82, 2.24) is 19.5 Å². The summed E-state index contributed by atoms with van der Waals surface area (Å²) in [4.78, 5) is 13.1. The molecule has 1 aliphatic heterocycles. The van der Waals surface area contributed by atoms with Crippen LogP contribution >= 0.6 is 0 Å². The van der Waals surface area contributed by atoms with Crippen molar-refractivity contribution in [3.05, 3.63) is 6.33 Å². The fourth-order valence-electron chi connectivity index (χ4n) is 5.41. The maximum absolute atomic E-state index is 10.3. The maximum Gasteiger partial charge on any atom is 0.226 e. The summed E-state index contributed by atoms with van der Waals surface area (Å²) < 4.78 is 7.12. The number of anilines is 2. The van der Waals surface area contributed by atoms with Crippen LogP contribution in [0.4, 0.5) is 11.8 Å². The Hall–Kier alpha value is -2.01. The second-order valence-corrected chi connectivity index (χ2v) is 8.64. The fraction of sp³-hybridized carbons (Fsp3) is 0.737. The largest absolute Gasteiger partial charge is 0.394 e. The van der Waals surface area contributed by atoms with E-state index in [1.165, 1.54) is 36.6 Å². The first-order valence-corrected chi connectivity index (χ1v) is 10.4. The first-order valence-electron chi connectivity index (χ1n) is 10.4. The molecule has 7 atom stereocenters. The van der Waals surface area contributed by atoms with Crippen molar-refractivity contribution in [2.75, 3.05) is 24.2 Å². The SMILES string of the molecule is Nc1nc(NCCC2CC3CCC2C3)nc2c1ncn2[C@@H]1O[C@H](CO)[C@@H](O)[C@H]1O. The molecule has 3 aliphatic rings. The summed E-state index contributed by atoms with van der Waals surface area (Å²) in [5, 5.41) is 32.9. The van der Waals surface area contributed by atoms with Gasteiger partial charge in [-0.15, -0.1) is 0 Å². The number of rotatable bonds is 6. The summed E-state index contributed by atoms with van der Waals surface area (Å²) in [7, 11) is 0. The highest BCUT2D eigenvalue weighted by molar-refractivity contribution is 5.83. The van der Waals surface area contributed by atoms with E-state index >= 15 is 0 Å². The van der Waals surface area contributed by atoms with Gasteiger partial charge >= 0.3 is 0 Å². The summed E-state index contributed by atoms with van der Waals surface area (Å²) in [6.07, 6.45) is 3.86. The highest BCUT2D eigenvalue weighted by Gasteiger charge is 2.44. The molecule has 0 amide bonds. The molecular formula is C19H28N6O4. The minimum Gasteiger partial charge on any atom is -0.394 e. The van der Waals surface area contributed by atoms with E-state index in [1.54, 1.807) is 0 Å². The third-order valence-corrected chi connectivity index (χ3v) is 6.92. The van der Waals surface area contributed by atoms with Gasteiger partial charge in [0.1, 0.15) is 23.8 Å². The Bertz CT molecular complexity index is 891. The summed E-state index contributed by atoms with van der Waals surface area (Å²) in [6.45, 7) is 0.384. The molecule has 2 aromatic heterocycles. The second-order valence-electron chi connectivity index (χ2n) is 8.64. The Balaban J connectivity index is 1.33. The van der Waals surface area contributed by atoms with Crippen molar-refractivity contribution in [2.45, 2.75) is 56.6 Å². The number of aliphatic hydroxyl groups excluding tert-OH is 3. The third-order valence-electron chi connectivity index (χ3n) is 6.92. The average molecular weight is 404 g/mol. The summed E-state index contributed by atoms with van der Waals surface area (Å²) in [5.41, 5.74) is 6.88. The summed E-state index contributed by atoms with van der Waals surface area (Å²) in [6, 6.07) is 0. The molecular weight excluding hydrogens is 376 g/mol. The topological polar surface area (TPSA) is 152 Å². The van der Waals surface area contributed by atoms with Crippen LogP contribution < -0.4 is 11.1 Å². The molecule has 6 N–H and O–H groups in total. The highest BCUT2D eigenvalue weighted by Crippen LogP contribution is 2.49. The number of hydrogen-bond acceptors (Lipinski definition) is 9. The first kappa shape index (κ1) is 19.0. The molecule has 3 heterocycles. The van der Waals surface area contributed by atoms with Gasteiger partial charge in [0.2, 0.25) is 5.95 Å². The predicted molar refractivity (Wildman–Crippen MR) is 105 cm³/mol. The van der Waals surface area contributed by atoms with Crippen molar-refractivity contribution in [3.8, 4) is 0 Å². The molecule has 1 saturated heterocycles. The number of nitrogens with zero attached hydrogens (tertiary/aromatic N) is 4. The van der Waals surface area contributed by atoms with Crippen LogP contribution in [0.3, 0.4) is 0 Å². The molecule has 2 bridgehead atoms. The van der Waals surface area contributed by atoms with E-state index in [4.69, 9.17) is 10.5 Å². The molecule has 29 heavy (non-hydrogen) atoms. The maximum atomic E-state index is 10.3. The van der Waals surface area contributed by atoms with E-state index in [0.717, 1.165) is 30.7 Å². The van der Waals surface area contributed by atoms with Gasteiger partial charge in [0.15, 0.2) is 17.7 Å². The van der Waals surface area contributed by atoms with Gasteiger partial charge in [0.05, 0.1) is 12.9 Å². The normalized spacial score (nSPS) is 36.3. The van der Waals surface area contributed by atoms with Gasteiger partial charge in [-0.2, -0.15) is 9.97 Å². The van der Waals surface area contributed by atoms with Gasteiger partial charge in [-0.05, 0) is 43.4 Å². The predicted octanol–water partition coefficient (Wildman–Crippen LogP) is 0.258. The number of aliphatic hydroxyl groups is 3. The Kier molecular flexibility index (Phi) is 4.81. The van der Waals surface area contributed by atoms with E-state index in [1.807, 2.05) is 0 Å². The quantitative estimate of drug-likeness (QED) is 0.456. The van der Waals surface area contributed by atoms with Crippen LogP contribution in [0.2, 0.25) is 0 Å². The third kappa shape index (κ3) is 3.24. The summed E-state index contributed by atoms with van der Waals surface area (Å²) in [5.74, 6) is 3.24. The number of imidazole rings is 1. The van der Waals surface area contributed by atoms with Gasteiger partial charge < -0.3 is 31.1 Å². The minimum absolute atomic E-state index is 0.239.